The highest BCUT2D eigenvalue weighted by molar-refractivity contribution is 7.98. The molecular formula is C21H38N4O5S. The van der Waals surface area contributed by atoms with Crippen molar-refractivity contribution >= 4 is 35.5 Å². The van der Waals surface area contributed by atoms with Crippen LogP contribution in [0.1, 0.15) is 53.4 Å². The molecule has 0 aliphatic carbocycles. The van der Waals surface area contributed by atoms with E-state index in [4.69, 9.17) is 0 Å². The summed E-state index contributed by atoms with van der Waals surface area (Å²) in [5, 5.41) is 20.6. The minimum Gasteiger partial charge on any atom is -0.480 e. The van der Waals surface area contributed by atoms with Gasteiger partial charge in [-0.05, 0) is 56.1 Å². The van der Waals surface area contributed by atoms with Gasteiger partial charge in [0.25, 0.3) is 0 Å². The number of hydrogen-bond donors (Lipinski definition) is 5. The molecule has 31 heavy (non-hydrogen) atoms. The number of aliphatic carboxylic acids is 1. The normalized spacial score (nSPS) is 19.0. The summed E-state index contributed by atoms with van der Waals surface area (Å²) >= 11 is 1.56. The van der Waals surface area contributed by atoms with Crippen molar-refractivity contribution in [1.29, 1.82) is 0 Å². The Morgan fingerprint density at radius 2 is 1.71 bits per heavy atom. The molecule has 10 heteroatoms. The molecule has 0 bridgehead atoms. The minimum atomic E-state index is -1.11. The van der Waals surface area contributed by atoms with Crippen LogP contribution in [-0.2, 0) is 19.2 Å². The Balaban J connectivity index is 2.85. The number of nitrogens with one attached hydrogen (secondary N) is 4. The Morgan fingerprint density at radius 3 is 2.19 bits per heavy atom. The summed E-state index contributed by atoms with van der Waals surface area (Å²) in [5.41, 5.74) is 0. The second-order valence-corrected chi connectivity index (χ2v) is 9.74. The van der Waals surface area contributed by atoms with Crippen LogP contribution in [0.5, 0.6) is 0 Å². The number of carboxylic acids is 1. The van der Waals surface area contributed by atoms with Crippen LogP contribution < -0.4 is 21.3 Å². The van der Waals surface area contributed by atoms with E-state index < -0.39 is 35.9 Å². The number of hydrogen-bond acceptors (Lipinski definition) is 6. The van der Waals surface area contributed by atoms with Crippen LogP contribution in [0.3, 0.4) is 0 Å². The van der Waals surface area contributed by atoms with E-state index in [-0.39, 0.29) is 23.8 Å². The topological polar surface area (TPSA) is 137 Å². The largest absolute Gasteiger partial charge is 0.480 e. The molecule has 0 radical (unpaired) electrons. The molecular weight excluding hydrogens is 420 g/mol. The van der Waals surface area contributed by atoms with Gasteiger partial charge in [-0.15, -0.1) is 0 Å². The molecule has 178 valence electrons. The molecule has 1 aliphatic rings. The maximum Gasteiger partial charge on any atom is 0.326 e. The molecule has 1 aliphatic heterocycles. The highest BCUT2D eigenvalue weighted by Crippen LogP contribution is 2.10. The van der Waals surface area contributed by atoms with E-state index in [1.165, 1.54) is 0 Å². The number of carbonyl (C=O) groups excluding carboxylic acids is 3. The van der Waals surface area contributed by atoms with Crippen molar-refractivity contribution in [2.75, 3.05) is 18.6 Å². The second kappa shape index (κ2) is 13.6. The van der Waals surface area contributed by atoms with E-state index in [0.717, 1.165) is 19.4 Å². The van der Waals surface area contributed by atoms with Gasteiger partial charge in [0.1, 0.15) is 18.1 Å². The predicted octanol–water partition coefficient (Wildman–Crippen LogP) is 0.733. The quantitative estimate of drug-likeness (QED) is 0.274. The molecule has 1 rings (SSSR count). The van der Waals surface area contributed by atoms with Gasteiger partial charge in [-0.2, -0.15) is 11.8 Å². The van der Waals surface area contributed by atoms with Crippen LogP contribution in [0.2, 0.25) is 0 Å². The van der Waals surface area contributed by atoms with E-state index in [2.05, 4.69) is 21.3 Å². The van der Waals surface area contributed by atoms with Crippen molar-refractivity contribution < 1.29 is 24.3 Å². The summed E-state index contributed by atoms with van der Waals surface area (Å²) in [6, 6.07) is -2.99. The number of carboxylic acid groups (broad SMARTS) is 1. The maximum absolute atomic E-state index is 13.0. The van der Waals surface area contributed by atoms with Crippen LogP contribution >= 0.6 is 11.8 Å². The molecule has 4 atom stereocenters. The van der Waals surface area contributed by atoms with Crippen LogP contribution in [-0.4, -0.2) is 71.5 Å². The minimum absolute atomic E-state index is 0.0869. The molecule has 0 spiro atoms. The predicted molar refractivity (Wildman–Crippen MR) is 122 cm³/mol. The number of carbonyl (C=O) groups is 4. The van der Waals surface area contributed by atoms with E-state index in [9.17, 15) is 24.3 Å². The van der Waals surface area contributed by atoms with Crippen molar-refractivity contribution in [1.82, 2.24) is 21.3 Å². The first-order chi connectivity index (χ1) is 14.6. The van der Waals surface area contributed by atoms with Crippen LogP contribution in [0.25, 0.3) is 0 Å². The molecule has 0 saturated carbocycles. The Kier molecular flexibility index (Phi) is 11.9. The van der Waals surface area contributed by atoms with Crippen LogP contribution in [0.15, 0.2) is 0 Å². The molecule has 0 aromatic rings. The van der Waals surface area contributed by atoms with Gasteiger partial charge < -0.3 is 26.4 Å². The molecule has 0 aromatic heterocycles. The summed E-state index contributed by atoms with van der Waals surface area (Å²) in [6.07, 6.45) is 4.28. The Hall–Kier alpha value is -1.81. The van der Waals surface area contributed by atoms with E-state index >= 15 is 0 Å². The van der Waals surface area contributed by atoms with Gasteiger partial charge in [-0.1, -0.05) is 27.7 Å². The summed E-state index contributed by atoms with van der Waals surface area (Å²) in [5.74, 6) is -1.80. The fourth-order valence-electron chi connectivity index (χ4n) is 3.43. The van der Waals surface area contributed by atoms with Gasteiger partial charge in [-0.25, -0.2) is 4.79 Å². The lowest BCUT2D eigenvalue weighted by Gasteiger charge is -2.27. The van der Waals surface area contributed by atoms with Crippen LogP contribution in [0.4, 0.5) is 0 Å². The van der Waals surface area contributed by atoms with Gasteiger partial charge in [0, 0.05) is 0 Å². The Morgan fingerprint density at radius 1 is 1.03 bits per heavy atom. The molecule has 4 unspecified atom stereocenters. The van der Waals surface area contributed by atoms with E-state index in [1.54, 1.807) is 25.6 Å². The third kappa shape index (κ3) is 9.47. The van der Waals surface area contributed by atoms with Gasteiger partial charge in [-0.3, -0.25) is 14.4 Å². The standard InChI is InChI=1S/C21H38N4O5S/c1-12(2)11-16(21(29)30)24-20(28)17(13(3)4)25-19(27)15(8-10-31-5)23-18(26)14-7-6-9-22-14/h12-17,22H,6-11H2,1-5H3,(H,23,26)(H,24,28)(H,25,27)(H,29,30). The first kappa shape index (κ1) is 27.2. The Labute approximate surface area is 189 Å². The summed E-state index contributed by atoms with van der Waals surface area (Å²) < 4.78 is 0. The lowest BCUT2D eigenvalue weighted by Crippen LogP contribution is -2.58. The lowest BCUT2D eigenvalue weighted by atomic mass is 10.00. The number of thioether (sulfide) groups is 1. The zero-order valence-corrected chi connectivity index (χ0v) is 20.0. The van der Waals surface area contributed by atoms with Gasteiger partial charge in [0.2, 0.25) is 17.7 Å². The fourth-order valence-corrected chi connectivity index (χ4v) is 3.90. The van der Waals surface area contributed by atoms with Crippen molar-refractivity contribution in [3.63, 3.8) is 0 Å². The maximum atomic E-state index is 13.0. The van der Waals surface area contributed by atoms with E-state index in [0.29, 0.717) is 18.6 Å². The molecule has 1 saturated heterocycles. The monoisotopic (exact) mass is 458 g/mol. The molecule has 3 amide bonds. The fraction of sp³-hybridized carbons (Fsp3) is 0.810. The van der Waals surface area contributed by atoms with E-state index in [1.807, 2.05) is 20.1 Å². The molecule has 1 heterocycles. The Bertz CT molecular complexity index is 623. The zero-order chi connectivity index (χ0) is 23.6. The summed E-state index contributed by atoms with van der Waals surface area (Å²) in [6.45, 7) is 8.09. The van der Waals surface area contributed by atoms with Crippen LogP contribution in [0, 0.1) is 11.8 Å². The van der Waals surface area contributed by atoms with Crippen molar-refractivity contribution in [3.8, 4) is 0 Å². The summed E-state index contributed by atoms with van der Waals surface area (Å²) in [7, 11) is 0. The lowest BCUT2D eigenvalue weighted by molar-refractivity contribution is -0.143. The first-order valence-electron chi connectivity index (χ1n) is 10.9. The van der Waals surface area contributed by atoms with Gasteiger partial charge in [0.05, 0.1) is 6.04 Å². The van der Waals surface area contributed by atoms with Crippen molar-refractivity contribution in [3.05, 3.63) is 0 Å². The highest BCUT2D eigenvalue weighted by atomic mass is 32.2. The average molecular weight is 459 g/mol. The van der Waals surface area contributed by atoms with Crippen molar-refractivity contribution in [2.24, 2.45) is 11.8 Å². The van der Waals surface area contributed by atoms with Gasteiger partial charge in [0.15, 0.2) is 0 Å². The first-order valence-corrected chi connectivity index (χ1v) is 12.3. The average Bonchev–Trinajstić information content (AvgIpc) is 3.22. The number of amides is 3. The van der Waals surface area contributed by atoms with Crippen molar-refractivity contribution in [2.45, 2.75) is 77.5 Å². The second-order valence-electron chi connectivity index (χ2n) is 8.75. The third-order valence-corrected chi connectivity index (χ3v) is 5.83. The SMILES string of the molecule is CSCCC(NC(=O)C1CCCN1)C(=O)NC(C(=O)NC(CC(C)C)C(=O)O)C(C)C. The third-order valence-electron chi connectivity index (χ3n) is 5.19. The highest BCUT2D eigenvalue weighted by Gasteiger charge is 2.32. The molecule has 5 N–H and O–H groups in total. The molecule has 1 fully saturated rings. The zero-order valence-electron chi connectivity index (χ0n) is 19.2. The smallest absolute Gasteiger partial charge is 0.326 e. The van der Waals surface area contributed by atoms with Gasteiger partial charge >= 0.3 is 5.97 Å². The number of rotatable bonds is 13. The molecule has 0 aromatic carbocycles. The molecule has 9 nitrogen and oxygen atoms in total. The summed E-state index contributed by atoms with van der Waals surface area (Å²) in [4.78, 5) is 49.8.